The summed E-state index contributed by atoms with van der Waals surface area (Å²) in [7, 11) is 1.30. The molecule has 0 fully saturated rings. The van der Waals surface area contributed by atoms with Crippen molar-refractivity contribution in [3.63, 3.8) is 0 Å². The van der Waals surface area contributed by atoms with E-state index in [0.29, 0.717) is 17.5 Å². The van der Waals surface area contributed by atoms with Gasteiger partial charge in [-0.25, -0.2) is 0 Å². The number of nitrogens with zero attached hydrogens (tertiary/aromatic N) is 1. The fourth-order valence-electron chi connectivity index (χ4n) is 2.16. The molecule has 1 atom stereocenters. The molecule has 0 bridgehead atoms. The van der Waals surface area contributed by atoms with E-state index in [9.17, 15) is 14.4 Å². The number of benzene rings is 1. The monoisotopic (exact) mass is 261 g/mol. The zero-order valence-corrected chi connectivity index (χ0v) is 10.9. The minimum absolute atomic E-state index is 0.0650. The molecule has 1 unspecified atom stereocenters. The smallest absolute Gasteiger partial charge is 0.310 e. The third kappa shape index (κ3) is 2.23. The van der Waals surface area contributed by atoms with Crippen LogP contribution in [-0.2, 0) is 9.53 Å². The molecule has 1 heterocycles. The highest BCUT2D eigenvalue weighted by Crippen LogP contribution is 2.24. The van der Waals surface area contributed by atoms with Gasteiger partial charge in [0.05, 0.1) is 24.2 Å². The summed E-state index contributed by atoms with van der Waals surface area (Å²) in [5.74, 6) is -1.57. The summed E-state index contributed by atoms with van der Waals surface area (Å²) in [5.41, 5.74) is 0.791. The van der Waals surface area contributed by atoms with Crippen molar-refractivity contribution in [2.75, 3.05) is 13.7 Å². The lowest BCUT2D eigenvalue weighted by Crippen LogP contribution is -2.37. The third-order valence-corrected chi connectivity index (χ3v) is 3.31. The van der Waals surface area contributed by atoms with Crippen LogP contribution in [0.5, 0.6) is 0 Å². The Morgan fingerprint density at radius 1 is 1.21 bits per heavy atom. The standard InChI is InChI=1S/C14H15NO4/c1-3-9(14(18)19-2)8-15-12(16)10-6-4-5-7-11(10)13(15)17/h4-7,9H,3,8H2,1-2H3. The van der Waals surface area contributed by atoms with Crippen LogP contribution in [0.25, 0.3) is 0 Å². The van der Waals surface area contributed by atoms with E-state index in [2.05, 4.69) is 4.74 Å². The molecule has 100 valence electrons. The summed E-state index contributed by atoms with van der Waals surface area (Å²) in [6.07, 6.45) is 0.514. The van der Waals surface area contributed by atoms with E-state index in [-0.39, 0.29) is 18.4 Å². The summed E-state index contributed by atoms with van der Waals surface area (Å²) in [4.78, 5) is 36.9. The number of imide groups is 1. The average Bonchev–Trinajstić information content (AvgIpc) is 2.68. The Morgan fingerprint density at radius 2 is 1.74 bits per heavy atom. The van der Waals surface area contributed by atoms with Crippen LogP contribution in [0.15, 0.2) is 24.3 Å². The number of hydrogen-bond acceptors (Lipinski definition) is 4. The van der Waals surface area contributed by atoms with Crippen molar-refractivity contribution >= 4 is 17.8 Å². The second-order valence-corrected chi connectivity index (χ2v) is 4.39. The second-order valence-electron chi connectivity index (χ2n) is 4.39. The van der Waals surface area contributed by atoms with Gasteiger partial charge in [0.2, 0.25) is 0 Å². The molecule has 1 aliphatic heterocycles. The fraction of sp³-hybridized carbons (Fsp3) is 0.357. The van der Waals surface area contributed by atoms with Gasteiger partial charge in [0.1, 0.15) is 0 Å². The first-order valence-corrected chi connectivity index (χ1v) is 6.13. The normalized spacial score (nSPS) is 15.4. The molecule has 0 spiro atoms. The number of methoxy groups -OCH3 is 1. The predicted octanol–water partition coefficient (Wildman–Crippen LogP) is 1.48. The minimum atomic E-state index is -0.479. The van der Waals surface area contributed by atoms with Gasteiger partial charge in [-0.15, -0.1) is 0 Å². The molecule has 0 saturated heterocycles. The maximum atomic E-state index is 12.1. The van der Waals surface area contributed by atoms with Gasteiger partial charge in [0.15, 0.2) is 0 Å². The molecule has 0 radical (unpaired) electrons. The van der Waals surface area contributed by atoms with Crippen LogP contribution in [0, 0.1) is 5.92 Å². The second kappa shape index (κ2) is 5.22. The Balaban J connectivity index is 2.22. The molecular weight excluding hydrogens is 246 g/mol. The van der Waals surface area contributed by atoms with Crippen molar-refractivity contribution in [1.82, 2.24) is 4.90 Å². The van der Waals surface area contributed by atoms with E-state index in [4.69, 9.17) is 0 Å². The van der Waals surface area contributed by atoms with Crippen molar-refractivity contribution in [3.8, 4) is 0 Å². The SMILES string of the molecule is CCC(CN1C(=O)c2ccccc2C1=O)C(=O)OC. The Kier molecular flexibility index (Phi) is 3.64. The Morgan fingerprint density at radius 3 is 2.16 bits per heavy atom. The molecule has 2 rings (SSSR count). The number of rotatable bonds is 4. The van der Waals surface area contributed by atoms with Crippen molar-refractivity contribution < 1.29 is 19.1 Å². The number of carbonyl (C=O) groups is 3. The van der Waals surface area contributed by atoms with Crippen LogP contribution in [0.4, 0.5) is 0 Å². The highest BCUT2D eigenvalue weighted by atomic mass is 16.5. The van der Waals surface area contributed by atoms with Gasteiger partial charge < -0.3 is 4.74 Å². The quantitative estimate of drug-likeness (QED) is 0.608. The number of carbonyl (C=O) groups excluding carboxylic acids is 3. The van der Waals surface area contributed by atoms with Crippen molar-refractivity contribution in [2.24, 2.45) is 5.92 Å². The third-order valence-electron chi connectivity index (χ3n) is 3.31. The summed E-state index contributed by atoms with van der Waals surface area (Å²) in [5, 5.41) is 0. The van der Waals surface area contributed by atoms with E-state index in [1.165, 1.54) is 7.11 Å². The summed E-state index contributed by atoms with van der Waals surface area (Å²) < 4.78 is 4.67. The maximum Gasteiger partial charge on any atom is 0.310 e. The van der Waals surface area contributed by atoms with Gasteiger partial charge in [-0.3, -0.25) is 19.3 Å². The molecule has 1 aliphatic rings. The molecule has 19 heavy (non-hydrogen) atoms. The molecule has 5 heteroatoms. The van der Waals surface area contributed by atoms with Gasteiger partial charge in [-0.2, -0.15) is 0 Å². The van der Waals surface area contributed by atoms with Crippen LogP contribution >= 0.6 is 0 Å². The summed E-state index contributed by atoms with van der Waals surface area (Å²) >= 11 is 0. The number of hydrogen-bond donors (Lipinski definition) is 0. The van der Waals surface area contributed by atoms with Crippen molar-refractivity contribution in [1.29, 1.82) is 0 Å². The van der Waals surface area contributed by atoms with Gasteiger partial charge in [0, 0.05) is 6.54 Å². The van der Waals surface area contributed by atoms with Crippen molar-refractivity contribution in [2.45, 2.75) is 13.3 Å². The molecular formula is C14H15NO4. The first-order valence-electron chi connectivity index (χ1n) is 6.13. The first-order chi connectivity index (χ1) is 9.10. The largest absolute Gasteiger partial charge is 0.469 e. The molecule has 0 saturated carbocycles. The number of ether oxygens (including phenoxy) is 1. The zero-order valence-electron chi connectivity index (χ0n) is 10.9. The number of fused-ring (bicyclic) bond motifs is 1. The molecule has 0 aliphatic carbocycles. The Bertz CT molecular complexity index is 503. The first kappa shape index (κ1) is 13.3. The minimum Gasteiger partial charge on any atom is -0.469 e. The van der Waals surface area contributed by atoms with Crippen LogP contribution < -0.4 is 0 Å². The molecule has 1 aromatic rings. The van der Waals surface area contributed by atoms with Gasteiger partial charge >= 0.3 is 5.97 Å². The Labute approximate surface area is 111 Å². The molecule has 2 amide bonds. The van der Waals surface area contributed by atoms with E-state index < -0.39 is 11.9 Å². The van der Waals surface area contributed by atoms with E-state index >= 15 is 0 Å². The zero-order chi connectivity index (χ0) is 14.0. The van der Waals surface area contributed by atoms with Crippen LogP contribution in [-0.4, -0.2) is 36.3 Å². The summed E-state index contributed by atoms with van der Waals surface area (Å²) in [6, 6.07) is 6.67. The fourth-order valence-corrected chi connectivity index (χ4v) is 2.16. The number of amides is 2. The molecule has 0 aromatic heterocycles. The molecule has 5 nitrogen and oxygen atoms in total. The highest BCUT2D eigenvalue weighted by molar-refractivity contribution is 6.21. The summed E-state index contributed by atoms with van der Waals surface area (Å²) in [6.45, 7) is 1.88. The maximum absolute atomic E-state index is 12.1. The predicted molar refractivity (Wildman–Crippen MR) is 67.6 cm³/mol. The highest BCUT2D eigenvalue weighted by Gasteiger charge is 2.37. The van der Waals surface area contributed by atoms with E-state index in [1.807, 2.05) is 6.92 Å². The molecule has 0 N–H and O–H groups in total. The van der Waals surface area contributed by atoms with Crippen LogP contribution in [0.2, 0.25) is 0 Å². The van der Waals surface area contributed by atoms with Crippen LogP contribution in [0.3, 0.4) is 0 Å². The topological polar surface area (TPSA) is 63.7 Å². The van der Waals surface area contributed by atoms with E-state index in [1.54, 1.807) is 24.3 Å². The van der Waals surface area contributed by atoms with E-state index in [0.717, 1.165) is 4.90 Å². The lowest BCUT2D eigenvalue weighted by atomic mass is 10.1. The average molecular weight is 261 g/mol. The van der Waals surface area contributed by atoms with Gasteiger partial charge in [-0.05, 0) is 18.6 Å². The van der Waals surface area contributed by atoms with Gasteiger partial charge in [0.25, 0.3) is 11.8 Å². The Hall–Kier alpha value is -2.17. The van der Waals surface area contributed by atoms with Gasteiger partial charge in [-0.1, -0.05) is 19.1 Å². The van der Waals surface area contributed by atoms with Crippen molar-refractivity contribution in [3.05, 3.63) is 35.4 Å². The lowest BCUT2D eigenvalue weighted by Gasteiger charge is -2.19. The lowest BCUT2D eigenvalue weighted by molar-refractivity contribution is -0.145. The molecule has 1 aromatic carbocycles. The number of esters is 1. The van der Waals surface area contributed by atoms with Crippen LogP contribution in [0.1, 0.15) is 34.1 Å².